The van der Waals surface area contributed by atoms with Crippen LogP contribution in [0.25, 0.3) is 0 Å². The summed E-state index contributed by atoms with van der Waals surface area (Å²) < 4.78 is 0. The molecular weight excluding hydrogens is 202 g/mol. The normalized spacial score (nSPS) is 12.4. The van der Waals surface area contributed by atoms with E-state index in [-0.39, 0.29) is 12.3 Å². The Morgan fingerprint density at radius 3 is 2.31 bits per heavy atom. The Morgan fingerprint density at radius 2 is 1.88 bits per heavy atom. The highest BCUT2D eigenvalue weighted by Gasteiger charge is 2.11. The van der Waals surface area contributed by atoms with Crippen molar-refractivity contribution in [1.29, 1.82) is 0 Å². The van der Waals surface area contributed by atoms with E-state index < -0.39 is 5.97 Å². The van der Waals surface area contributed by atoms with Crippen LogP contribution in [-0.2, 0) is 17.6 Å². The summed E-state index contributed by atoms with van der Waals surface area (Å²) in [5.74, 6) is -0.745. The molecule has 1 aromatic carbocycles. The number of nitrogens with two attached hydrogens (primary N) is 1. The largest absolute Gasteiger partial charge is 0.481 e. The third-order valence-electron chi connectivity index (χ3n) is 2.75. The maximum Gasteiger partial charge on any atom is 0.303 e. The van der Waals surface area contributed by atoms with Crippen molar-refractivity contribution < 1.29 is 9.90 Å². The van der Waals surface area contributed by atoms with Gasteiger partial charge < -0.3 is 10.8 Å². The van der Waals surface area contributed by atoms with E-state index in [0.717, 1.165) is 18.4 Å². The van der Waals surface area contributed by atoms with E-state index >= 15 is 0 Å². The summed E-state index contributed by atoms with van der Waals surface area (Å²) in [5, 5.41) is 8.72. The maximum atomic E-state index is 10.6. The van der Waals surface area contributed by atoms with Gasteiger partial charge in [-0.3, -0.25) is 4.79 Å². The van der Waals surface area contributed by atoms with Crippen LogP contribution in [0.5, 0.6) is 0 Å². The van der Waals surface area contributed by atoms with E-state index in [0.29, 0.717) is 6.54 Å². The molecule has 88 valence electrons. The molecule has 0 aliphatic carbocycles. The minimum atomic E-state index is -0.777. The molecule has 16 heavy (non-hydrogen) atoms. The number of carboxylic acids is 1. The van der Waals surface area contributed by atoms with Crippen LogP contribution < -0.4 is 5.73 Å². The molecule has 0 fully saturated rings. The topological polar surface area (TPSA) is 63.3 Å². The monoisotopic (exact) mass is 221 g/mol. The van der Waals surface area contributed by atoms with Crippen molar-refractivity contribution in [2.45, 2.75) is 26.2 Å². The van der Waals surface area contributed by atoms with E-state index in [4.69, 9.17) is 10.8 Å². The van der Waals surface area contributed by atoms with Gasteiger partial charge in [-0.2, -0.15) is 0 Å². The fraction of sp³-hybridized carbons (Fsp3) is 0.462. The van der Waals surface area contributed by atoms with Crippen LogP contribution in [-0.4, -0.2) is 17.6 Å². The highest BCUT2D eigenvalue weighted by atomic mass is 16.4. The highest BCUT2D eigenvalue weighted by molar-refractivity contribution is 5.67. The van der Waals surface area contributed by atoms with Gasteiger partial charge in [0.25, 0.3) is 0 Å². The van der Waals surface area contributed by atoms with Crippen molar-refractivity contribution >= 4 is 5.97 Å². The van der Waals surface area contributed by atoms with Crippen LogP contribution in [0.4, 0.5) is 0 Å². The molecule has 0 saturated carbocycles. The zero-order valence-electron chi connectivity index (χ0n) is 9.65. The van der Waals surface area contributed by atoms with Crippen molar-refractivity contribution in [3.8, 4) is 0 Å². The second kappa shape index (κ2) is 6.28. The first-order valence-electron chi connectivity index (χ1n) is 5.65. The Bertz CT molecular complexity index is 332. The van der Waals surface area contributed by atoms with Crippen LogP contribution in [0.2, 0.25) is 0 Å². The number of aryl methyl sites for hydroxylation is 1. The molecule has 0 spiro atoms. The Hall–Kier alpha value is -1.35. The smallest absolute Gasteiger partial charge is 0.303 e. The van der Waals surface area contributed by atoms with Gasteiger partial charge in [0.15, 0.2) is 0 Å². The van der Waals surface area contributed by atoms with Gasteiger partial charge in [-0.05, 0) is 36.4 Å². The second-order valence-electron chi connectivity index (χ2n) is 4.07. The molecule has 0 aromatic heterocycles. The van der Waals surface area contributed by atoms with Crippen molar-refractivity contribution in [2.24, 2.45) is 11.7 Å². The molecule has 1 atom stereocenters. The zero-order chi connectivity index (χ0) is 12.0. The average molecular weight is 221 g/mol. The van der Waals surface area contributed by atoms with Gasteiger partial charge in [-0.25, -0.2) is 0 Å². The first kappa shape index (κ1) is 12.7. The summed E-state index contributed by atoms with van der Waals surface area (Å²) in [6, 6.07) is 8.29. The molecule has 0 bridgehead atoms. The summed E-state index contributed by atoms with van der Waals surface area (Å²) >= 11 is 0. The highest BCUT2D eigenvalue weighted by Crippen LogP contribution is 2.13. The fourth-order valence-corrected chi connectivity index (χ4v) is 1.73. The van der Waals surface area contributed by atoms with Gasteiger partial charge in [0.1, 0.15) is 0 Å². The van der Waals surface area contributed by atoms with Crippen molar-refractivity contribution in [2.75, 3.05) is 6.54 Å². The summed E-state index contributed by atoms with van der Waals surface area (Å²) in [6.07, 6.45) is 1.91. The van der Waals surface area contributed by atoms with E-state index in [1.54, 1.807) is 0 Å². The third kappa shape index (κ3) is 4.03. The van der Waals surface area contributed by atoms with Gasteiger partial charge in [-0.1, -0.05) is 31.2 Å². The molecule has 1 aromatic rings. The first-order valence-corrected chi connectivity index (χ1v) is 5.65. The number of hydrogen-bond acceptors (Lipinski definition) is 2. The first-order chi connectivity index (χ1) is 7.65. The standard InChI is InChI=1S/C13H19NO2/c1-2-10-3-5-11(6-4-10)7-12(9-14)8-13(15)16/h3-6,12H,2,7-9,14H2,1H3,(H,15,16). The van der Waals surface area contributed by atoms with E-state index in [1.165, 1.54) is 5.56 Å². The van der Waals surface area contributed by atoms with Gasteiger partial charge >= 0.3 is 5.97 Å². The summed E-state index contributed by atoms with van der Waals surface area (Å²) in [6.45, 7) is 2.53. The van der Waals surface area contributed by atoms with Crippen molar-refractivity contribution in [1.82, 2.24) is 0 Å². The number of rotatable bonds is 6. The molecule has 0 heterocycles. The predicted octanol–water partition coefficient (Wildman–Crippen LogP) is 1.84. The molecule has 3 heteroatoms. The van der Waals surface area contributed by atoms with Crippen LogP contribution in [0.3, 0.4) is 0 Å². The maximum absolute atomic E-state index is 10.6. The average Bonchev–Trinajstić information content (AvgIpc) is 2.28. The molecule has 0 amide bonds. The number of hydrogen-bond donors (Lipinski definition) is 2. The molecule has 3 nitrogen and oxygen atoms in total. The van der Waals surface area contributed by atoms with Crippen LogP contribution in [0, 0.1) is 5.92 Å². The Balaban J connectivity index is 2.59. The molecule has 0 saturated heterocycles. The van der Waals surface area contributed by atoms with Crippen LogP contribution >= 0.6 is 0 Å². The van der Waals surface area contributed by atoms with Gasteiger partial charge in [-0.15, -0.1) is 0 Å². The number of aliphatic carboxylic acids is 1. The van der Waals surface area contributed by atoms with Gasteiger partial charge in [0.2, 0.25) is 0 Å². The lowest BCUT2D eigenvalue weighted by molar-refractivity contribution is -0.138. The zero-order valence-corrected chi connectivity index (χ0v) is 9.65. The van der Waals surface area contributed by atoms with E-state index in [1.807, 2.05) is 0 Å². The van der Waals surface area contributed by atoms with E-state index in [2.05, 4.69) is 31.2 Å². The number of carbonyl (C=O) groups is 1. The van der Waals surface area contributed by atoms with Crippen molar-refractivity contribution in [3.63, 3.8) is 0 Å². The molecule has 3 N–H and O–H groups in total. The lowest BCUT2D eigenvalue weighted by Crippen LogP contribution is -2.20. The molecule has 0 radical (unpaired) electrons. The predicted molar refractivity (Wildman–Crippen MR) is 64.3 cm³/mol. The van der Waals surface area contributed by atoms with Crippen LogP contribution in [0.1, 0.15) is 24.5 Å². The minimum Gasteiger partial charge on any atom is -0.481 e. The second-order valence-corrected chi connectivity index (χ2v) is 4.07. The molecule has 0 aliphatic rings. The minimum absolute atomic E-state index is 0.0324. The fourth-order valence-electron chi connectivity index (χ4n) is 1.73. The molecular formula is C13H19NO2. The lowest BCUT2D eigenvalue weighted by atomic mass is 9.95. The molecule has 0 aliphatic heterocycles. The Kier molecular flexibility index (Phi) is 4.99. The van der Waals surface area contributed by atoms with Gasteiger partial charge in [0.05, 0.1) is 0 Å². The van der Waals surface area contributed by atoms with E-state index in [9.17, 15) is 4.79 Å². The SMILES string of the molecule is CCc1ccc(CC(CN)CC(=O)O)cc1. The Labute approximate surface area is 96.3 Å². The molecule has 1 rings (SSSR count). The van der Waals surface area contributed by atoms with Crippen molar-refractivity contribution in [3.05, 3.63) is 35.4 Å². The lowest BCUT2D eigenvalue weighted by Gasteiger charge is -2.12. The third-order valence-corrected chi connectivity index (χ3v) is 2.75. The quantitative estimate of drug-likeness (QED) is 0.770. The molecule has 1 unspecified atom stereocenters. The van der Waals surface area contributed by atoms with Crippen LogP contribution in [0.15, 0.2) is 24.3 Å². The number of benzene rings is 1. The van der Waals surface area contributed by atoms with Gasteiger partial charge in [0, 0.05) is 6.42 Å². The summed E-state index contributed by atoms with van der Waals surface area (Å²) in [5.41, 5.74) is 8.02. The Morgan fingerprint density at radius 1 is 1.31 bits per heavy atom. The summed E-state index contributed by atoms with van der Waals surface area (Å²) in [4.78, 5) is 10.6. The summed E-state index contributed by atoms with van der Waals surface area (Å²) in [7, 11) is 0. The number of carboxylic acid groups (broad SMARTS) is 1.